The Morgan fingerprint density at radius 1 is 1.02 bits per heavy atom. The van der Waals surface area contributed by atoms with Crippen molar-refractivity contribution in [2.24, 2.45) is 13.0 Å². The zero-order valence-corrected chi connectivity index (χ0v) is 26.0. The van der Waals surface area contributed by atoms with Crippen LogP contribution in [0.1, 0.15) is 44.2 Å². The van der Waals surface area contributed by atoms with Gasteiger partial charge in [0.05, 0.1) is 28.9 Å². The molecule has 0 amide bonds. The summed E-state index contributed by atoms with van der Waals surface area (Å²) in [6, 6.07) is 4.55. The van der Waals surface area contributed by atoms with E-state index in [0.717, 1.165) is 47.1 Å². The highest BCUT2D eigenvalue weighted by atomic mass is 32.2. The Morgan fingerprint density at radius 3 is 2.44 bits per heavy atom. The van der Waals surface area contributed by atoms with E-state index in [1.807, 2.05) is 0 Å². The van der Waals surface area contributed by atoms with Crippen LogP contribution in [0.3, 0.4) is 0 Å². The summed E-state index contributed by atoms with van der Waals surface area (Å²) < 4.78 is 67.7. The SMILES string of the molecule is CN(C)CC1CCC(Nc2cc(Nc3ccnc(-c4cnn(S(=O)(=O)C5CC5)c4)n3)ncc2-c2cc(C(F)(F)F)n(C)n2)CC1. The van der Waals surface area contributed by atoms with Crippen LogP contribution in [0.25, 0.3) is 22.6 Å². The maximum Gasteiger partial charge on any atom is 0.433 e. The van der Waals surface area contributed by atoms with E-state index >= 15 is 0 Å². The van der Waals surface area contributed by atoms with Gasteiger partial charge in [-0.15, -0.1) is 0 Å². The second-order valence-electron chi connectivity index (χ2n) is 12.0. The molecule has 2 aliphatic rings. The highest BCUT2D eigenvalue weighted by Gasteiger charge is 2.38. The number of hydrogen-bond acceptors (Lipinski definition) is 10. The third kappa shape index (κ3) is 6.96. The van der Waals surface area contributed by atoms with Gasteiger partial charge in [-0.3, -0.25) is 4.68 Å². The second-order valence-corrected chi connectivity index (χ2v) is 14.1. The van der Waals surface area contributed by atoms with Crippen molar-refractivity contribution in [3.63, 3.8) is 0 Å². The number of halogens is 3. The molecule has 0 saturated heterocycles. The summed E-state index contributed by atoms with van der Waals surface area (Å²) in [7, 11) is 1.88. The Bertz CT molecular complexity index is 1770. The van der Waals surface area contributed by atoms with Crippen LogP contribution in [0, 0.1) is 5.92 Å². The van der Waals surface area contributed by atoms with E-state index in [1.54, 1.807) is 12.1 Å². The monoisotopic (exact) mass is 644 g/mol. The lowest BCUT2D eigenvalue weighted by Gasteiger charge is -2.31. The molecule has 12 nitrogen and oxygen atoms in total. The summed E-state index contributed by atoms with van der Waals surface area (Å²) in [4.78, 5) is 15.5. The van der Waals surface area contributed by atoms with Crippen molar-refractivity contribution >= 4 is 27.3 Å². The topological polar surface area (TPSA) is 136 Å². The predicted octanol–water partition coefficient (Wildman–Crippen LogP) is 4.77. The molecule has 2 fully saturated rings. The molecule has 4 aromatic rings. The Morgan fingerprint density at radius 2 is 1.78 bits per heavy atom. The first-order valence-electron chi connectivity index (χ1n) is 14.8. The number of rotatable bonds is 10. The van der Waals surface area contributed by atoms with E-state index in [2.05, 4.69) is 54.8 Å². The molecule has 0 bridgehead atoms. The van der Waals surface area contributed by atoms with Crippen molar-refractivity contribution in [3.05, 3.63) is 48.7 Å². The Kier molecular flexibility index (Phi) is 8.28. The molecule has 2 N–H and O–H groups in total. The van der Waals surface area contributed by atoms with Crippen LogP contribution in [0.15, 0.2) is 43.0 Å². The van der Waals surface area contributed by atoms with E-state index in [9.17, 15) is 21.6 Å². The first-order valence-corrected chi connectivity index (χ1v) is 16.3. The van der Waals surface area contributed by atoms with Gasteiger partial charge >= 0.3 is 6.18 Å². The van der Waals surface area contributed by atoms with Crippen LogP contribution in [-0.4, -0.2) is 79.2 Å². The van der Waals surface area contributed by atoms with Crippen LogP contribution in [0.2, 0.25) is 0 Å². The van der Waals surface area contributed by atoms with Gasteiger partial charge in [0.2, 0.25) is 0 Å². The van der Waals surface area contributed by atoms with Crippen molar-refractivity contribution in [1.82, 2.24) is 38.8 Å². The number of alkyl halides is 3. The fourth-order valence-electron chi connectivity index (χ4n) is 5.71. The van der Waals surface area contributed by atoms with Crippen molar-refractivity contribution < 1.29 is 21.6 Å². The summed E-state index contributed by atoms with van der Waals surface area (Å²) in [6.45, 7) is 1.02. The van der Waals surface area contributed by atoms with Gasteiger partial charge in [-0.25, -0.2) is 23.4 Å². The molecule has 0 spiro atoms. The zero-order chi connectivity index (χ0) is 31.9. The maximum absolute atomic E-state index is 13.6. The van der Waals surface area contributed by atoms with Crippen LogP contribution >= 0.6 is 0 Å². The molecule has 16 heteroatoms. The summed E-state index contributed by atoms with van der Waals surface area (Å²) in [6.07, 6.45) is 6.49. The third-order valence-corrected chi connectivity index (χ3v) is 10.2. The number of hydrogen-bond donors (Lipinski definition) is 2. The molecule has 2 saturated carbocycles. The average molecular weight is 645 g/mol. The molecule has 0 radical (unpaired) electrons. The second kappa shape index (κ2) is 12.0. The van der Waals surface area contributed by atoms with Gasteiger partial charge in [-0.1, -0.05) is 0 Å². The largest absolute Gasteiger partial charge is 0.433 e. The predicted molar refractivity (Wildman–Crippen MR) is 163 cm³/mol. The molecule has 4 heterocycles. The van der Waals surface area contributed by atoms with E-state index in [1.165, 1.54) is 31.8 Å². The molecule has 45 heavy (non-hydrogen) atoms. The fraction of sp³-hybridized carbons (Fsp3) is 0.483. The maximum atomic E-state index is 13.6. The number of nitrogens with one attached hydrogen (secondary N) is 2. The molecule has 4 aromatic heterocycles. The van der Waals surface area contributed by atoms with E-state index in [-0.39, 0.29) is 17.6 Å². The van der Waals surface area contributed by atoms with E-state index < -0.39 is 27.1 Å². The molecule has 0 atom stereocenters. The number of anilines is 3. The van der Waals surface area contributed by atoms with Crippen LogP contribution in [0.5, 0.6) is 0 Å². The molecular formula is C29H35F3N10O2S. The number of aromatic nitrogens is 7. The summed E-state index contributed by atoms with van der Waals surface area (Å²) in [5, 5.41) is 14.5. The smallest absolute Gasteiger partial charge is 0.382 e. The number of aryl methyl sites for hydroxylation is 1. The average Bonchev–Trinajstić information content (AvgIpc) is 3.59. The van der Waals surface area contributed by atoms with Gasteiger partial charge in [0.15, 0.2) is 5.82 Å². The van der Waals surface area contributed by atoms with E-state index in [4.69, 9.17) is 0 Å². The van der Waals surface area contributed by atoms with Crippen molar-refractivity contribution in [1.29, 1.82) is 0 Å². The minimum Gasteiger partial charge on any atom is -0.382 e. The third-order valence-electron chi connectivity index (χ3n) is 8.12. The van der Waals surface area contributed by atoms with Gasteiger partial charge < -0.3 is 15.5 Å². The first-order chi connectivity index (χ1) is 21.4. The standard InChI is InChI=1S/C29H35F3N10O2S/c1-40(2)16-18-4-6-20(7-5-18)36-23-13-27(34-15-22(23)24-12-25(29(30,31)32)41(3)39-24)37-26-10-11-33-28(38-26)19-14-35-42(17-19)45(43,44)21-8-9-21/h10-15,17-18,20-21H,4-9,16H2,1-3H3,(H2,33,34,36,37,38). The zero-order valence-electron chi connectivity index (χ0n) is 25.2. The summed E-state index contributed by atoms with van der Waals surface area (Å²) in [5.41, 5.74) is 0.812. The normalized spacial score (nSPS) is 19.2. The minimum atomic E-state index is -4.54. The Balaban J connectivity index is 1.26. The van der Waals surface area contributed by atoms with Crippen LogP contribution < -0.4 is 10.6 Å². The van der Waals surface area contributed by atoms with Crippen LogP contribution in [-0.2, 0) is 23.2 Å². The lowest BCUT2D eigenvalue weighted by molar-refractivity contribution is -0.143. The van der Waals surface area contributed by atoms with Crippen molar-refractivity contribution in [2.75, 3.05) is 31.3 Å². The molecule has 6 rings (SSSR count). The summed E-state index contributed by atoms with van der Waals surface area (Å²) in [5.74, 6) is 1.68. The van der Waals surface area contributed by atoms with Crippen molar-refractivity contribution in [2.45, 2.75) is 56.0 Å². The molecular weight excluding hydrogens is 609 g/mol. The van der Waals surface area contributed by atoms with E-state index in [0.29, 0.717) is 47.2 Å². The number of nitrogens with zero attached hydrogens (tertiary/aromatic N) is 8. The molecule has 2 aliphatic carbocycles. The quantitative estimate of drug-likeness (QED) is 0.249. The highest BCUT2D eigenvalue weighted by Crippen LogP contribution is 2.37. The molecule has 240 valence electrons. The molecule has 0 aromatic carbocycles. The Labute approximate surface area is 259 Å². The van der Waals surface area contributed by atoms with Gasteiger partial charge in [-0.2, -0.15) is 27.5 Å². The number of pyridine rings is 1. The first kappa shape index (κ1) is 31.0. The Hall–Kier alpha value is -4.05. The van der Waals surface area contributed by atoms with Crippen LogP contribution in [0.4, 0.5) is 30.5 Å². The van der Waals surface area contributed by atoms with Crippen molar-refractivity contribution in [3.8, 4) is 22.6 Å². The van der Waals surface area contributed by atoms with Gasteiger partial charge in [0.1, 0.15) is 17.3 Å². The lowest BCUT2D eigenvalue weighted by atomic mass is 9.85. The minimum absolute atomic E-state index is 0.136. The van der Waals surface area contributed by atoms with Gasteiger partial charge in [-0.05, 0) is 70.7 Å². The fourth-order valence-corrected chi connectivity index (χ4v) is 7.19. The molecule has 0 unspecified atom stereocenters. The van der Waals surface area contributed by atoms with Gasteiger partial charge in [0.25, 0.3) is 10.0 Å². The molecule has 0 aliphatic heterocycles. The lowest BCUT2D eigenvalue weighted by Crippen LogP contribution is -2.31. The van der Waals surface area contributed by atoms with Gasteiger partial charge in [0, 0.05) is 49.3 Å². The summed E-state index contributed by atoms with van der Waals surface area (Å²) >= 11 is 0. The highest BCUT2D eigenvalue weighted by molar-refractivity contribution is 7.90.